The molecule has 1 N–H and O–H groups in total. The molecular formula is C16H26N2. The van der Waals surface area contributed by atoms with Gasteiger partial charge in [0.05, 0.1) is 0 Å². The van der Waals surface area contributed by atoms with Crippen LogP contribution >= 0.6 is 0 Å². The van der Waals surface area contributed by atoms with Gasteiger partial charge in [0, 0.05) is 19.6 Å². The van der Waals surface area contributed by atoms with Crippen LogP contribution < -0.4 is 5.32 Å². The second-order valence-electron chi connectivity index (χ2n) is 5.35. The van der Waals surface area contributed by atoms with Crippen molar-refractivity contribution in [3.05, 3.63) is 35.4 Å². The molecule has 1 saturated heterocycles. The molecule has 18 heavy (non-hydrogen) atoms. The fourth-order valence-electron chi connectivity index (χ4n) is 2.77. The fraction of sp³-hybridized carbons (Fsp3) is 0.625. The van der Waals surface area contributed by atoms with E-state index >= 15 is 0 Å². The molecule has 1 aliphatic rings. The van der Waals surface area contributed by atoms with Gasteiger partial charge in [-0.3, -0.25) is 4.90 Å². The zero-order valence-corrected chi connectivity index (χ0v) is 11.8. The number of hydrogen-bond donors (Lipinski definition) is 1. The number of hydrogen-bond acceptors (Lipinski definition) is 2. The molecule has 0 aromatic heterocycles. The molecule has 2 heteroatoms. The minimum Gasteiger partial charge on any atom is -0.313 e. The largest absolute Gasteiger partial charge is 0.313 e. The lowest BCUT2D eigenvalue weighted by molar-refractivity contribution is 0.314. The Morgan fingerprint density at radius 1 is 1.22 bits per heavy atom. The lowest BCUT2D eigenvalue weighted by Crippen LogP contribution is -2.22. The first-order valence-electron chi connectivity index (χ1n) is 7.33. The van der Waals surface area contributed by atoms with E-state index in [1.807, 2.05) is 0 Å². The molecule has 2 nitrogen and oxygen atoms in total. The molecule has 2 rings (SSSR count). The Balaban J connectivity index is 1.96. The Morgan fingerprint density at radius 3 is 2.67 bits per heavy atom. The van der Waals surface area contributed by atoms with Crippen LogP contribution in [-0.4, -0.2) is 24.5 Å². The van der Waals surface area contributed by atoms with Crippen molar-refractivity contribution in [2.45, 2.75) is 39.8 Å². The third-order valence-corrected chi connectivity index (χ3v) is 4.03. The maximum absolute atomic E-state index is 3.43. The van der Waals surface area contributed by atoms with E-state index in [1.165, 1.54) is 37.1 Å². The van der Waals surface area contributed by atoms with Crippen LogP contribution in [0.2, 0.25) is 0 Å². The predicted molar refractivity (Wildman–Crippen MR) is 77.5 cm³/mol. The van der Waals surface area contributed by atoms with E-state index in [2.05, 4.69) is 48.3 Å². The summed E-state index contributed by atoms with van der Waals surface area (Å²) in [6.45, 7) is 10.2. The average Bonchev–Trinajstić information content (AvgIpc) is 2.85. The lowest BCUT2D eigenvalue weighted by Gasteiger charge is -2.18. The molecule has 1 aromatic rings. The summed E-state index contributed by atoms with van der Waals surface area (Å²) >= 11 is 0. The molecule has 0 spiro atoms. The molecule has 1 fully saturated rings. The molecule has 1 aromatic carbocycles. The van der Waals surface area contributed by atoms with Crippen molar-refractivity contribution in [3.63, 3.8) is 0 Å². The van der Waals surface area contributed by atoms with Gasteiger partial charge < -0.3 is 5.32 Å². The van der Waals surface area contributed by atoms with E-state index in [1.54, 1.807) is 0 Å². The van der Waals surface area contributed by atoms with Crippen molar-refractivity contribution >= 4 is 0 Å². The Labute approximate surface area is 111 Å². The van der Waals surface area contributed by atoms with E-state index in [9.17, 15) is 0 Å². The first-order valence-corrected chi connectivity index (χ1v) is 7.33. The highest BCUT2D eigenvalue weighted by molar-refractivity contribution is 5.27. The van der Waals surface area contributed by atoms with E-state index in [0.717, 1.165) is 25.6 Å². The second-order valence-corrected chi connectivity index (χ2v) is 5.35. The normalized spacial score (nSPS) is 20.4. The Hall–Kier alpha value is -0.860. The molecule has 1 heterocycles. The van der Waals surface area contributed by atoms with Crippen LogP contribution in [0.1, 0.15) is 37.8 Å². The van der Waals surface area contributed by atoms with Crippen LogP contribution in [0.25, 0.3) is 0 Å². The Morgan fingerprint density at radius 2 is 2.00 bits per heavy atom. The maximum Gasteiger partial charge on any atom is 0.0237 e. The lowest BCUT2D eigenvalue weighted by atomic mass is 10.1. The topological polar surface area (TPSA) is 15.3 Å². The standard InChI is InChI=1S/C16H26N2/c1-3-14-9-10-18(12-14)13-16-8-6-5-7-15(16)11-17-4-2/h5-8,14,17H,3-4,9-13H2,1-2H3. The molecule has 1 aliphatic heterocycles. The smallest absolute Gasteiger partial charge is 0.0237 e. The van der Waals surface area contributed by atoms with Gasteiger partial charge in [-0.15, -0.1) is 0 Å². The van der Waals surface area contributed by atoms with Gasteiger partial charge in [0.1, 0.15) is 0 Å². The summed E-state index contributed by atoms with van der Waals surface area (Å²) in [5, 5.41) is 3.43. The highest BCUT2D eigenvalue weighted by Crippen LogP contribution is 2.22. The van der Waals surface area contributed by atoms with Crippen LogP contribution in [-0.2, 0) is 13.1 Å². The molecule has 0 amide bonds. The number of nitrogens with one attached hydrogen (secondary N) is 1. The van der Waals surface area contributed by atoms with Crippen molar-refractivity contribution < 1.29 is 0 Å². The van der Waals surface area contributed by atoms with Gasteiger partial charge in [-0.25, -0.2) is 0 Å². The SMILES string of the molecule is CCNCc1ccccc1CN1CCC(CC)C1. The van der Waals surface area contributed by atoms with Gasteiger partial charge in [-0.1, -0.05) is 44.5 Å². The van der Waals surface area contributed by atoms with Crippen LogP contribution in [0, 0.1) is 5.92 Å². The van der Waals surface area contributed by atoms with Crippen LogP contribution in [0.4, 0.5) is 0 Å². The third kappa shape index (κ3) is 3.56. The summed E-state index contributed by atoms with van der Waals surface area (Å²) < 4.78 is 0. The van der Waals surface area contributed by atoms with E-state index in [4.69, 9.17) is 0 Å². The highest BCUT2D eigenvalue weighted by Gasteiger charge is 2.21. The van der Waals surface area contributed by atoms with Crippen LogP contribution in [0.15, 0.2) is 24.3 Å². The summed E-state index contributed by atoms with van der Waals surface area (Å²) in [6, 6.07) is 8.85. The predicted octanol–water partition coefficient (Wildman–Crippen LogP) is 3.03. The third-order valence-electron chi connectivity index (χ3n) is 4.03. The van der Waals surface area contributed by atoms with Gasteiger partial charge in [-0.05, 0) is 36.6 Å². The average molecular weight is 246 g/mol. The number of benzene rings is 1. The molecule has 0 radical (unpaired) electrons. The van der Waals surface area contributed by atoms with Crippen molar-refractivity contribution in [1.82, 2.24) is 10.2 Å². The van der Waals surface area contributed by atoms with Crippen molar-refractivity contribution in [2.75, 3.05) is 19.6 Å². The molecule has 0 bridgehead atoms. The van der Waals surface area contributed by atoms with E-state index < -0.39 is 0 Å². The number of nitrogens with zero attached hydrogens (tertiary/aromatic N) is 1. The molecule has 1 unspecified atom stereocenters. The van der Waals surface area contributed by atoms with Gasteiger partial charge >= 0.3 is 0 Å². The van der Waals surface area contributed by atoms with Gasteiger partial charge in [0.2, 0.25) is 0 Å². The maximum atomic E-state index is 3.43. The first-order chi connectivity index (χ1) is 8.83. The zero-order valence-electron chi connectivity index (χ0n) is 11.8. The zero-order chi connectivity index (χ0) is 12.8. The monoisotopic (exact) mass is 246 g/mol. The minimum atomic E-state index is 0.922. The highest BCUT2D eigenvalue weighted by atomic mass is 15.1. The van der Waals surface area contributed by atoms with Crippen LogP contribution in [0.3, 0.4) is 0 Å². The van der Waals surface area contributed by atoms with Crippen molar-refractivity contribution in [1.29, 1.82) is 0 Å². The second kappa shape index (κ2) is 6.91. The molecule has 0 aliphatic carbocycles. The summed E-state index contributed by atoms with van der Waals surface area (Å²) in [7, 11) is 0. The van der Waals surface area contributed by atoms with Crippen LogP contribution in [0.5, 0.6) is 0 Å². The van der Waals surface area contributed by atoms with E-state index in [0.29, 0.717) is 0 Å². The quantitative estimate of drug-likeness (QED) is 0.830. The summed E-state index contributed by atoms with van der Waals surface area (Å²) in [4.78, 5) is 2.61. The summed E-state index contributed by atoms with van der Waals surface area (Å²) in [5.74, 6) is 0.922. The number of likely N-dealkylation sites (tertiary alicyclic amines) is 1. The van der Waals surface area contributed by atoms with Crippen molar-refractivity contribution in [2.24, 2.45) is 5.92 Å². The molecular weight excluding hydrogens is 220 g/mol. The first kappa shape index (κ1) is 13.6. The van der Waals surface area contributed by atoms with E-state index in [-0.39, 0.29) is 0 Å². The Kier molecular flexibility index (Phi) is 5.21. The number of rotatable bonds is 6. The summed E-state index contributed by atoms with van der Waals surface area (Å²) in [5.41, 5.74) is 2.95. The molecule has 0 saturated carbocycles. The fourth-order valence-corrected chi connectivity index (χ4v) is 2.77. The van der Waals surface area contributed by atoms with Gasteiger partial charge in [0.15, 0.2) is 0 Å². The molecule has 1 atom stereocenters. The van der Waals surface area contributed by atoms with Gasteiger partial charge in [-0.2, -0.15) is 0 Å². The van der Waals surface area contributed by atoms with Gasteiger partial charge in [0.25, 0.3) is 0 Å². The summed E-state index contributed by atoms with van der Waals surface area (Å²) in [6.07, 6.45) is 2.71. The van der Waals surface area contributed by atoms with Crippen molar-refractivity contribution in [3.8, 4) is 0 Å². The minimum absolute atomic E-state index is 0.922. The molecule has 100 valence electrons. The Bertz CT molecular complexity index is 362.